The molecule has 6 nitrogen and oxygen atoms in total. The van der Waals surface area contributed by atoms with Gasteiger partial charge in [0.15, 0.2) is 0 Å². The van der Waals surface area contributed by atoms with Crippen molar-refractivity contribution in [3.05, 3.63) is 42.7 Å². The number of aromatic nitrogens is 2. The van der Waals surface area contributed by atoms with E-state index in [4.69, 9.17) is 0 Å². The van der Waals surface area contributed by atoms with E-state index in [1.807, 2.05) is 12.3 Å². The Kier molecular flexibility index (Phi) is 4.75. The van der Waals surface area contributed by atoms with Crippen LogP contribution in [0.15, 0.2) is 47.6 Å². The average Bonchev–Trinajstić information content (AvgIpc) is 2.97. The molecule has 2 N–H and O–H groups in total. The molecule has 0 fully saturated rings. The number of nitrogens with one attached hydrogen (secondary N) is 2. The summed E-state index contributed by atoms with van der Waals surface area (Å²) in [4.78, 5) is 0.274. The van der Waals surface area contributed by atoms with Gasteiger partial charge in [0.2, 0.25) is 10.0 Å². The highest BCUT2D eigenvalue weighted by Gasteiger charge is 2.12. The zero-order chi connectivity index (χ0) is 14.4. The largest absolute Gasteiger partial charge is 0.388 e. The van der Waals surface area contributed by atoms with Crippen LogP contribution in [-0.2, 0) is 16.6 Å². The molecule has 0 aliphatic carbocycles. The highest BCUT2D eigenvalue weighted by atomic mass is 32.2. The molecule has 1 aromatic heterocycles. The molecule has 0 bridgehead atoms. The maximum Gasteiger partial charge on any atom is 0.240 e. The summed E-state index contributed by atoms with van der Waals surface area (Å²) >= 11 is 0. The van der Waals surface area contributed by atoms with E-state index in [-0.39, 0.29) is 4.90 Å². The first-order valence-electron chi connectivity index (χ1n) is 6.37. The van der Waals surface area contributed by atoms with Crippen LogP contribution in [0.4, 0.5) is 5.69 Å². The van der Waals surface area contributed by atoms with Gasteiger partial charge in [0.05, 0.1) is 4.90 Å². The number of nitrogens with zero attached hydrogens (tertiary/aromatic N) is 2. The van der Waals surface area contributed by atoms with E-state index in [0.717, 1.165) is 5.69 Å². The van der Waals surface area contributed by atoms with Crippen molar-refractivity contribution in [3.63, 3.8) is 0 Å². The fourth-order valence-corrected chi connectivity index (χ4v) is 2.84. The summed E-state index contributed by atoms with van der Waals surface area (Å²) in [5.74, 6) is 0. The van der Waals surface area contributed by atoms with Crippen molar-refractivity contribution in [2.24, 2.45) is 0 Å². The van der Waals surface area contributed by atoms with Gasteiger partial charge in [-0.2, -0.15) is 5.10 Å². The van der Waals surface area contributed by atoms with Crippen molar-refractivity contribution in [2.45, 2.75) is 17.9 Å². The first kappa shape index (κ1) is 14.5. The molecule has 7 heteroatoms. The van der Waals surface area contributed by atoms with Crippen LogP contribution in [0.5, 0.6) is 0 Å². The Balaban J connectivity index is 1.86. The van der Waals surface area contributed by atoms with Crippen molar-refractivity contribution in [1.29, 1.82) is 0 Å². The third-order valence-corrected chi connectivity index (χ3v) is 4.35. The summed E-state index contributed by atoms with van der Waals surface area (Å²) in [7, 11) is -1.65. The van der Waals surface area contributed by atoms with Gasteiger partial charge in [-0.25, -0.2) is 13.1 Å². The first-order valence-corrected chi connectivity index (χ1v) is 7.85. The van der Waals surface area contributed by atoms with E-state index in [1.165, 1.54) is 0 Å². The molecule has 2 aromatic rings. The lowest BCUT2D eigenvalue weighted by molar-refractivity contribution is 0.553. The van der Waals surface area contributed by atoms with Gasteiger partial charge in [-0.1, -0.05) is 0 Å². The van der Waals surface area contributed by atoms with Crippen LogP contribution in [0, 0.1) is 0 Å². The Bertz CT molecular complexity index is 621. The fraction of sp³-hybridized carbons (Fsp3) is 0.308. The lowest BCUT2D eigenvalue weighted by atomic mass is 10.3. The molecular weight excluding hydrogens is 276 g/mol. The monoisotopic (exact) mass is 294 g/mol. The molecule has 1 heterocycles. The molecule has 2 rings (SSSR count). The van der Waals surface area contributed by atoms with Crippen molar-refractivity contribution in [2.75, 3.05) is 18.9 Å². The molecule has 108 valence electrons. The number of hydrogen-bond donors (Lipinski definition) is 2. The number of aryl methyl sites for hydroxylation is 1. The highest BCUT2D eigenvalue weighted by Crippen LogP contribution is 2.13. The molecular formula is C13H18N4O2S. The van der Waals surface area contributed by atoms with Crippen LogP contribution in [-0.4, -0.2) is 31.8 Å². The van der Waals surface area contributed by atoms with Gasteiger partial charge in [-0.3, -0.25) is 4.68 Å². The minimum atomic E-state index is -3.43. The molecule has 0 radical (unpaired) electrons. The maximum atomic E-state index is 12.0. The molecule has 0 saturated heterocycles. The zero-order valence-electron chi connectivity index (χ0n) is 11.3. The van der Waals surface area contributed by atoms with E-state index in [0.29, 0.717) is 19.5 Å². The van der Waals surface area contributed by atoms with Crippen molar-refractivity contribution in [3.8, 4) is 0 Å². The van der Waals surface area contributed by atoms with Crippen molar-refractivity contribution >= 4 is 15.7 Å². The van der Waals surface area contributed by atoms with Gasteiger partial charge in [0.25, 0.3) is 0 Å². The second kappa shape index (κ2) is 6.53. The average molecular weight is 294 g/mol. The standard InChI is InChI=1S/C13H18N4O2S/c1-14-12-4-6-13(7-5-12)20(18,19)16-9-3-11-17-10-2-8-15-17/h2,4-8,10,14,16H,3,9,11H2,1H3. The van der Waals surface area contributed by atoms with Crippen LogP contribution < -0.4 is 10.0 Å². The van der Waals surface area contributed by atoms with E-state index < -0.39 is 10.0 Å². The summed E-state index contributed by atoms with van der Waals surface area (Å²) in [6.45, 7) is 1.07. The molecule has 0 spiro atoms. The third kappa shape index (κ3) is 3.82. The molecule has 20 heavy (non-hydrogen) atoms. The Morgan fingerprint density at radius 2 is 2.00 bits per heavy atom. The van der Waals surface area contributed by atoms with Gasteiger partial charge >= 0.3 is 0 Å². The number of anilines is 1. The molecule has 1 aromatic carbocycles. The van der Waals surface area contributed by atoms with Gasteiger partial charge in [0, 0.05) is 38.2 Å². The Labute approximate surface area is 118 Å². The van der Waals surface area contributed by atoms with Crippen molar-refractivity contribution < 1.29 is 8.42 Å². The molecule has 0 atom stereocenters. The SMILES string of the molecule is CNc1ccc(S(=O)(=O)NCCCn2cccn2)cc1. The number of hydrogen-bond acceptors (Lipinski definition) is 4. The maximum absolute atomic E-state index is 12.0. The molecule has 0 aliphatic heterocycles. The van der Waals surface area contributed by atoms with Crippen LogP contribution in [0.25, 0.3) is 0 Å². The van der Waals surface area contributed by atoms with Crippen LogP contribution in [0.2, 0.25) is 0 Å². The molecule has 0 unspecified atom stereocenters. The normalized spacial score (nSPS) is 11.4. The topological polar surface area (TPSA) is 76.0 Å². The van der Waals surface area contributed by atoms with E-state index in [2.05, 4.69) is 15.1 Å². The molecule has 0 amide bonds. The lowest BCUT2D eigenvalue weighted by Gasteiger charge is -2.07. The number of sulfonamides is 1. The number of benzene rings is 1. The van der Waals surface area contributed by atoms with Gasteiger partial charge in [-0.05, 0) is 36.8 Å². The van der Waals surface area contributed by atoms with E-state index in [9.17, 15) is 8.42 Å². The quantitative estimate of drug-likeness (QED) is 0.755. The van der Waals surface area contributed by atoms with Crippen LogP contribution in [0.1, 0.15) is 6.42 Å². The smallest absolute Gasteiger partial charge is 0.240 e. The van der Waals surface area contributed by atoms with Crippen LogP contribution in [0.3, 0.4) is 0 Å². The summed E-state index contributed by atoms with van der Waals surface area (Å²) in [6, 6.07) is 8.48. The third-order valence-electron chi connectivity index (χ3n) is 2.87. The van der Waals surface area contributed by atoms with Crippen LogP contribution >= 0.6 is 0 Å². The predicted octanol–water partition coefficient (Wildman–Crippen LogP) is 1.29. The Morgan fingerprint density at radius 1 is 1.25 bits per heavy atom. The summed E-state index contributed by atoms with van der Waals surface area (Å²) in [5.41, 5.74) is 0.877. The molecule has 0 saturated carbocycles. The second-order valence-electron chi connectivity index (χ2n) is 4.29. The number of rotatable bonds is 7. The summed E-state index contributed by atoms with van der Waals surface area (Å²) in [6.07, 6.45) is 4.24. The van der Waals surface area contributed by atoms with Gasteiger partial charge in [0.1, 0.15) is 0 Å². The predicted molar refractivity (Wildman–Crippen MR) is 78.0 cm³/mol. The Morgan fingerprint density at radius 3 is 2.60 bits per heavy atom. The minimum Gasteiger partial charge on any atom is -0.388 e. The zero-order valence-corrected chi connectivity index (χ0v) is 12.1. The second-order valence-corrected chi connectivity index (χ2v) is 6.06. The fourth-order valence-electron chi connectivity index (χ4n) is 1.76. The van der Waals surface area contributed by atoms with Gasteiger partial charge < -0.3 is 5.32 Å². The van der Waals surface area contributed by atoms with Gasteiger partial charge in [-0.15, -0.1) is 0 Å². The lowest BCUT2D eigenvalue weighted by Crippen LogP contribution is -2.25. The van der Waals surface area contributed by atoms with E-state index >= 15 is 0 Å². The Hall–Kier alpha value is -1.86. The highest BCUT2D eigenvalue weighted by molar-refractivity contribution is 7.89. The summed E-state index contributed by atoms with van der Waals surface area (Å²) < 4.78 is 28.4. The van der Waals surface area contributed by atoms with E-state index in [1.54, 1.807) is 42.2 Å². The molecule has 0 aliphatic rings. The first-order chi connectivity index (χ1) is 9.62. The minimum absolute atomic E-state index is 0.274. The summed E-state index contributed by atoms with van der Waals surface area (Å²) in [5, 5.41) is 7.01. The van der Waals surface area contributed by atoms with Crippen molar-refractivity contribution in [1.82, 2.24) is 14.5 Å².